The van der Waals surface area contributed by atoms with E-state index < -0.39 is 0 Å². The van der Waals surface area contributed by atoms with Gasteiger partial charge in [-0.15, -0.1) is 5.10 Å². The molecule has 1 aliphatic rings. The van der Waals surface area contributed by atoms with Crippen LogP contribution in [0.25, 0.3) is 0 Å². The molecular weight excluding hydrogens is 204 g/mol. The molecule has 0 saturated heterocycles. The van der Waals surface area contributed by atoms with Gasteiger partial charge in [-0.1, -0.05) is 0 Å². The second-order valence-corrected chi connectivity index (χ2v) is 4.13. The minimum atomic E-state index is 0.434. The first-order chi connectivity index (χ1) is 7.81. The van der Waals surface area contributed by atoms with E-state index in [0.29, 0.717) is 19.0 Å². The highest BCUT2D eigenvalue weighted by Crippen LogP contribution is 2.24. The lowest BCUT2D eigenvalue weighted by Crippen LogP contribution is -2.26. The van der Waals surface area contributed by atoms with Gasteiger partial charge in [0.1, 0.15) is 6.61 Å². The Kier molecular flexibility index (Phi) is 3.69. The summed E-state index contributed by atoms with van der Waals surface area (Å²) in [6.45, 7) is 1.99. The number of nitrogens with zero attached hydrogens (tertiary/aromatic N) is 3. The number of ether oxygens (including phenoxy) is 1. The van der Waals surface area contributed by atoms with Crippen LogP contribution in [0.5, 0.6) is 5.88 Å². The van der Waals surface area contributed by atoms with E-state index in [-0.39, 0.29) is 0 Å². The number of aromatic nitrogens is 2. The predicted molar refractivity (Wildman–Crippen MR) is 61.1 cm³/mol. The lowest BCUT2D eigenvalue weighted by Gasteiger charge is -2.15. The van der Waals surface area contributed by atoms with Crippen molar-refractivity contribution < 1.29 is 4.74 Å². The Morgan fingerprint density at radius 1 is 1.56 bits per heavy atom. The van der Waals surface area contributed by atoms with Crippen LogP contribution in [0.3, 0.4) is 0 Å². The summed E-state index contributed by atoms with van der Waals surface area (Å²) < 4.78 is 5.58. The van der Waals surface area contributed by atoms with E-state index in [1.165, 1.54) is 12.8 Å². The largest absolute Gasteiger partial charge is 0.475 e. The molecule has 1 heterocycles. The zero-order valence-corrected chi connectivity index (χ0v) is 9.59. The summed E-state index contributed by atoms with van der Waals surface area (Å²) in [6.07, 6.45) is 4.26. The molecule has 0 amide bonds. The zero-order chi connectivity index (χ0) is 11.4. The Hall–Kier alpha value is -1.20. The highest BCUT2D eigenvalue weighted by Gasteiger charge is 2.25. The second-order valence-electron chi connectivity index (χ2n) is 4.13. The van der Waals surface area contributed by atoms with Crippen molar-refractivity contribution in [3.8, 4) is 5.88 Å². The van der Waals surface area contributed by atoms with Crippen LogP contribution in [-0.4, -0.2) is 41.3 Å². The van der Waals surface area contributed by atoms with Crippen LogP contribution >= 0.6 is 0 Å². The number of rotatable bonds is 6. The van der Waals surface area contributed by atoms with Gasteiger partial charge >= 0.3 is 0 Å². The maximum Gasteiger partial charge on any atom is 0.237 e. The van der Waals surface area contributed by atoms with E-state index in [1.54, 1.807) is 6.20 Å². The Labute approximate surface area is 95.6 Å². The smallest absolute Gasteiger partial charge is 0.237 e. The molecule has 5 heteroatoms. The van der Waals surface area contributed by atoms with Crippen molar-refractivity contribution in [2.75, 3.05) is 20.2 Å². The zero-order valence-electron chi connectivity index (χ0n) is 9.59. The normalized spacial score (nSPS) is 15.4. The number of nitrogens with two attached hydrogens (primary N) is 1. The van der Waals surface area contributed by atoms with Crippen molar-refractivity contribution in [3.05, 3.63) is 17.8 Å². The average molecular weight is 222 g/mol. The number of hydrogen-bond donors (Lipinski definition) is 1. The highest BCUT2D eigenvalue weighted by atomic mass is 16.5. The lowest BCUT2D eigenvalue weighted by atomic mass is 10.3. The molecule has 0 aliphatic heterocycles. The fraction of sp³-hybridized carbons (Fsp3) is 0.636. The molecule has 88 valence electrons. The summed E-state index contributed by atoms with van der Waals surface area (Å²) in [4.78, 5) is 2.32. The number of hydrogen-bond acceptors (Lipinski definition) is 5. The summed E-state index contributed by atoms with van der Waals surface area (Å²) in [7, 11) is 2.13. The Morgan fingerprint density at radius 3 is 3.06 bits per heavy atom. The molecule has 2 N–H and O–H groups in total. The van der Waals surface area contributed by atoms with E-state index in [1.807, 2.05) is 6.07 Å². The van der Waals surface area contributed by atoms with Gasteiger partial charge in [-0.05, 0) is 26.0 Å². The van der Waals surface area contributed by atoms with Gasteiger partial charge in [0.2, 0.25) is 5.88 Å². The Balaban J connectivity index is 1.79. The first-order valence-electron chi connectivity index (χ1n) is 5.65. The van der Waals surface area contributed by atoms with Gasteiger partial charge in [0, 0.05) is 24.7 Å². The molecule has 5 nitrogen and oxygen atoms in total. The molecule has 0 radical (unpaired) electrons. The Morgan fingerprint density at radius 2 is 2.38 bits per heavy atom. The molecule has 2 rings (SSSR count). The molecule has 1 saturated carbocycles. The van der Waals surface area contributed by atoms with Gasteiger partial charge < -0.3 is 15.4 Å². The molecule has 1 fully saturated rings. The standard InChI is InChI=1S/C11H18N4O/c1-15(10-2-3-10)6-7-16-11-9(8-12)4-5-13-14-11/h4-5,10H,2-3,6-8,12H2,1H3. The lowest BCUT2D eigenvalue weighted by molar-refractivity contribution is 0.223. The minimum Gasteiger partial charge on any atom is -0.475 e. The van der Waals surface area contributed by atoms with Crippen LogP contribution in [0.4, 0.5) is 0 Å². The van der Waals surface area contributed by atoms with E-state index in [4.69, 9.17) is 10.5 Å². The van der Waals surface area contributed by atoms with Crippen LogP contribution in [0, 0.1) is 0 Å². The molecule has 0 spiro atoms. The van der Waals surface area contributed by atoms with E-state index in [2.05, 4.69) is 22.1 Å². The topological polar surface area (TPSA) is 64.3 Å². The van der Waals surface area contributed by atoms with Gasteiger partial charge in [-0.3, -0.25) is 0 Å². The summed E-state index contributed by atoms with van der Waals surface area (Å²) in [6, 6.07) is 2.60. The van der Waals surface area contributed by atoms with Crippen LogP contribution in [-0.2, 0) is 6.54 Å². The van der Waals surface area contributed by atoms with Crippen molar-refractivity contribution in [3.63, 3.8) is 0 Å². The van der Waals surface area contributed by atoms with Gasteiger partial charge in [0.15, 0.2) is 0 Å². The van der Waals surface area contributed by atoms with Crippen LogP contribution < -0.4 is 10.5 Å². The van der Waals surface area contributed by atoms with E-state index in [9.17, 15) is 0 Å². The van der Waals surface area contributed by atoms with E-state index >= 15 is 0 Å². The minimum absolute atomic E-state index is 0.434. The average Bonchev–Trinajstić information content (AvgIpc) is 3.13. The molecule has 0 aromatic carbocycles. The highest BCUT2D eigenvalue weighted by molar-refractivity contribution is 5.22. The number of likely N-dealkylation sites (N-methyl/N-ethyl adjacent to an activating group) is 1. The van der Waals surface area contributed by atoms with Crippen molar-refractivity contribution >= 4 is 0 Å². The van der Waals surface area contributed by atoms with Crippen LogP contribution in [0.2, 0.25) is 0 Å². The first kappa shape index (κ1) is 11.3. The molecule has 1 aromatic heterocycles. The quantitative estimate of drug-likeness (QED) is 0.755. The summed E-state index contributed by atoms with van der Waals surface area (Å²) >= 11 is 0. The third-order valence-electron chi connectivity index (χ3n) is 2.84. The predicted octanol–water partition coefficient (Wildman–Crippen LogP) is 0.408. The Bertz CT molecular complexity index is 341. The van der Waals surface area contributed by atoms with Crippen molar-refractivity contribution in [1.82, 2.24) is 15.1 Å². The molecule has 1 aromatic rings. The second kappa shape index (κ2) is 5.23. The third-order valence-corrected chi connectivity index (χ3v) is 2.84. The van der Waals surface area contributed by atoms with Gasteiger partial charge in [-0.2, -0.15) is 5.10 Å². The molecule has 1 aliphatic carbocycles. The van der Waals surface area contributed by atoms with Crippen molar-refractivity contribution in [1.29, 1.82) is 0 Å². The fourth-order valence-electron chi connectivity index (χ4n) is 1.61. The van der Waals surface area contributed by atoms with Crippen LogP contribution in [0.15, 0.2) is 12.3 Å². The SMILES string of the molecule is CN(CCOc1nnccc1CN)C1CC1. The van der Waals surface area contributed by atoms with Crippen molar-refractivity contribution in [2.24, 2.45) is 5.73 Å². The molecule has 0 atom stereocenters. The third kappa shape index (κ3) is 2.90. The fourth-order valence-corrected chi connectivity index (χ4v) is 1.61. The summed E-state index contributed by atoms with van der Waals surface area (Å²) in [5, 5.41) is 7.73. The summed E-state index contributed by atoms with van der Waals surface area (Å²) in [5.41, 5.74) is 6.49. The van der Waals surface area contributed by atoms with Crippen molar-refractivity contribution in [2.45, 2.75) is 25.4 Å². The monoisotopic (exact) mass is 222 g/mol. The molecule has 16 heavy (non-hydrogen) atoms. The van der Waals surface area contributed by atoms with Gasteiger partial charge in [0.05, 0.1) is 6.20 Å². The molecule has 0 unspecified atom stereocenters. The molecular formula is C11H18N4O. The molecule has 0 bridgehead atoms. The maximum atomic E-state index is 5.58. The van der Waals surface area contributed by atoms with E-state index in [0.717, 1.165) is 18.2 Å². The van der Waals surface area contributed by atoms with Crippen LogP contribution in [0.1, 0.15) is 18.4 Å². The van der Waals surface area contributed by atoms with Gasteiger partial charge in [0.25, 0.3) is 0 Å². The van der Waals surface area contributed by atoms with Gasteiger partial charge in [-0.25, -0.2) is 0 Å². The summed E-state index contributed by atoms with van der Waals surface area (Å²) in [5.74, 6) is 0.564. The first-order valence-corrected chi connectivity index (χ1v) is 5.65. The maximum absolute atomic E-state index is 5.58.